The number of nitrogens with zero attached hydrogens (tertiary/aromatic N) is 6. The molecule has 1 fully saturated rings. The summed E-state index contributed by atoms with van der Waals surface area (Å²) in [5.74, 6) is 1.44. The van der Waals surface area contributed by atoms with Gasteiger partial charge in [-0.2, -0.15) is 5.10 Å². The molecule has 3 aromatic heterocycles. The van der Waals surface area contributed by atoms with E-state index in [1.807, 2.05) is 52.1 Å². The van der Waals surface area contributed by atoms with Crippen molar-refractivity contribution in [2.75, 3.05) is 7.05 Å². The number of rotatable bonds is 5. The van der Waals surface area contributed by atoms with E-state index >= 15 is 0 Å². The first-order valence-corrected chi connectivity index (χ1v) is 11.3. The highest BCUT2D eigenvalue weighted by atomic mass is 32.1. The molecule has 1 saturated carbocycles. The zero-order chi connectivity index (χ0) is 21.7. The van der Waals surface area contributed by atoms with Gasteiger partial charge in [0.1, 0.15) is 23.3 Å². The van der Waals surface area contributed by atoms with Crippen LogP contribution in [-0.2, 0) is 0 Å². The van der Waals surface area contributed by atoms with Gasteiger partial charge in [0.25, 0.3) is 5.91 Å². The Morgan fingerprint density at radius 3 is 2.58 bits per heavy atom. The van der Waals surface area contributed by atoms with Gasteiger partial charge in [0.15, 0.2) is 0 Å². The van der Waals surface area contributed by atoms with E-state index < -0.39 is 0 Å². The van der Waals surface area contributed by atoms with Crippen LogP contribution in [0.25, 0.3) is 15.9 Å². The Hall–Kier alpha value is -3.13. The first-order valence-electron chi connectivity index (χ1n) is 10.4. The predicted octanol–water partition coefficient (Wildman–Crippen LogP) is 4.60. The number of carbonyl (C=O) groups excluding carboxylic acids is 1. The minimum absolute atomic E-state index is 0.0146. The van der Waals surface area contributed by atoms with E-state index in [4.69, 9.17) is 9.97 Å². The molecule has 1 amide bonds. The number of hydrogen-bond donors (Lipinski definition) is 0. The summed E-state index contributed by atoms with van der Waals surface area (Å²) in [5, 5.41) is 5.18. The van der Waals surface area contributed by atoms with Crippen LogP contribution in [0.1, 0.15) is 64.0 Å². The molecular formula is C23H24N6OS. The number of aryl methyl sites for hydroxylation is 2. The largest absolute Gasteiger partial charge is 0.334 e. The van der Waals surface area contributed by atoms with Gasteiger partial charge in [-0.05, 0) is 56.9 Å². The van der Waals surface area contributed by atoms with Crippen molar-refractivity contribution in [1.29, 1.82) is 0 Å². The third-order valence-corrected chi connectivity index (χ3v) is 7.26. The van der Waals surface area contributed by atoms with E-state index in [0.29, 0.717) is 5.92 Å². The number of aromatic nitrogens is 5. The predicted molar refractivity (Wildman–Crippen MR) is 121 cm³/mol. The highest BCUT2D eigenvalue weighted by Gasteiger charge is 2.29. The van der Waals surface area contributed by atoms with Gasteiger partial charge in [-0.25, -0.2) is 19.6 Å². The quantitative estimate of drug-likeness (QED) is 0.461. The van der Waals surface area contributed by atoms with Crippen molar-refractivity contribution >= 4 is 27.5 Å². The maximum absolute atomic E-state index is 13.4. The number of fused-ring (bicyclic) bond motifs is 1. The Balaban J connectivity index is 1.42. The summed E-state index contributed by atoms with van der Waals surface area (Å²) in [6.07, 6.45) is 5.50. The average Bonchev–Trinajstić information content (AvgIpc) is 3.38. The van der Waals surface area contributed by atoms with Gasteiger partial charge in [-0.15, -0.1) is 11.3 Å². The highest BCUT2D eigenvalue weighted by molar-refractivity contribution is 7.20. The van der Waals surface area contributed by atoms with Gasteiger partial charge in [0.2, 0.25) is 0 Å². The molecule has 7 nitrogen and oxygen atoms in total. The summed E-state index contributed by atoms with van der Waals surface area (Å²) in [4.78, 5) is 30.4. The van der Waals surface area contributed by atoms with E-state index in [1.165, 1.54) is 17.7 Å². The fraction of sp³-hybridized carbons (Fsp3) is 0.348. The maximum Gasteiger partial charge on any atom is 0.264 e. The molecule has 0 unspecified atom stereocenters. The molecule has 0 radical (unpaired) electrons. The smallest absolute Gasteiger partial charge is 0.264 e. The van der Waals surface area contributed by atoms with Crippen LogP contribution in [0.5, 0.6) is 0 Å². The SMILES string of the molecule is Cc1nc(C2CC2)nc2sc(C(=O)N(C)[C@@H](C)c3ccc(-n4cncn4)cc3)c(C)c12. The second-order valence-corrected chi connectivity index (χ2v) is 9.20. The molecule has 3 heterocycles. The van der Waals surface area contributed by atoms with E-state index in [-0.39, 0.29) is 11.9 Å². The van der Waals surface area contributed by atoms with Gasteiger partial charge in [0, 0.05) is 18.4 Å². The molecule has 1 aliphatic rings. The topological polar surface area (TPSA) is 76.8 Å². The summed E-state index contributed by atoms with van der Waals surface area (Å²) in [5.41, 5.74) is 3.94. The number of benzene rings is 1. The van der Waals surface area contributed by atoms with Gasteiger partial charge < -0.3 is 4.90 Å². The molecule has 4 aromatic rings. The number of amides is 1. The summed E-state index contributed by atoms with van der Waals surface area (Å²) in [6, 6.07) is 7.96. The Morgan fingerprint density at radius 1 is 1.19 bits per heavy atom. The van der Waals surface area contributed by atoms with Crippen molar-refractivity contribution < 1.29 is 4.79 Å². The van der Waals surface area contributed by atoms with E-state index in [0.717, 1.165) is 56.3 Å². The zero-order valence-electron chi connectivity index (χ0n) is 18.0. The molecule has 31 heavy (non-hydrogen) atoms. The molecule has 158 valence electrons. The van der Waals surface area contributed by atoms with E-state index in [1.54, 1.807) is 15.9 Å². The highest BCUT2D eigenvalue weighted by Crippen LogP contribution is 2.40. The van der Waals surface area contributed by atoms with Gasteiger partial charge in [0.05, 0.1) is 22.3 Å². The molecule has 8 heteroatoms. The second kappa shape index (κ2) is 7.53. The van der Waals surface area contributed by atoms with E-state index in [2.05, 4.69) is 10.1 Å². The van der Waals surface area contributed by atoms with Crippen molar-refractivity contribution in [3.63, 3.8) is 0 Å². The van der Waals surface area contributed by atoms with Crippen LogP contribution in [0, 0.1) is 13.8 Å². The van der Waals surface area contributed by atoms with Crippen molar-refractivity contribution in [3.05, 3.63) is 64.4 Å². The molecule has 0 bridgehead atoms. The molecule has 1 aliphatic carbocycles. The Kier molecular flexibility index (Phi) is 4.81. The first kappa shape index (κ1) is 19.8. The molecule has 5 rings (SSSR count). The van der Waals surface area contributed by atoms with Gasteiger partial charge in [-0.1, -0.05) is 12.1 Å². The minimum atomic E-state index is -0.0730. The third kappa shape index (κ3) is 3.50. The zero-order valence-corrected chi connectivity index (χ0v) is 18.8. The normalized spacial score (nSPS) is 14.7. The van der Waals surface area contributed by atoms with Gasteiger partial charge in [-0.3, -0.25) is 4.79 Å². The Bertz CT molecular complexity index is 1260. The van der Waals surface area contributed by atoms with Crippen LogP contribution in [0.3, 0.4) is 0 Å². The van der Waals surface area contributed by atoms with Crippen LogP contribution in [0.15, 0.2) is 36.9 Å². The standard InChI is InChI=1S/C23H24N6OS/c1-13-19-14(2)26-21(17-5-6-17)27-22(19)31-20(13)23(30)28(4)15(3)16-7-9-18(10-8-16)29-12-24-11-25-29/h7-12,15,17H,5-6H2,1-4H3/t15-/m0/s1. The van der Waals surface area contributed by atoms with Crippen molar-refractivity contribution in [1.82, 2.24) is 29.6 Å². The average molecular weight is 433 g/mol. The maximum atomic E-state index is 13.4. The first-order chi connectivity index (χ1) is 14.9. The second-order valence-electron chi connectivity index (χ2n) is 8.20. The molecule has 0 N–H and O–H groups in total. The molecule has 0 saturated heterocycles. The lowest BCUT2D eigenvalue weighted by atomic mass is 10.1. The lowest BCUT2D eigenvalue weighted by Gasteiger charge is -2.25. The van der Waals surface area contributed by atoms with Crippen molar-refractivity contribution in [2.45, 2.75) is 45.6 Å². The van der Waals surface area contributed by atoms with Gasteiger partial charge >= 0.3 is 0 Å². The summed E-state index contributed by atoms with van der Waals surface area (Å²) >= 11 is 1.49. The fourth-order valence-electron chi connectivity index (χ4n) is 3.89. The number of carbonyl (C=O) groups is 1. The molecular weight excluding hydrogens is 408 g/mol. The molecule has 0 aliphatic heterocycles. The van der Waals surface area contributed by atoms with E-state index in [9.17, 15) is 4.79 Å². The Labute approximate surface area is 184 Å². The molecule has 0 spiro atoms. The van der Waals surface area contributed by atoms with Crippen molar-refractivity contribution in [3.8, 4) is 5.69 Å². The van der Waals surface area contributed by atoms with Crippen LogP contribution < -0.4 is 0 Å². The van der Waals surface area contributed by atoms with Crippen LogP contribution in [0.4, 0.5) is 0 Å². The lowest BCUT2D eigenvalue weighted by molar-refractivity contribution is 0.0747. The summed E-state index contributed by atoms with van der Waals surface area (Å²) < 4.78 is 1.71. The lowest BCUT2D eigenvalue weighted by Crippen LogP contribution is -2.29. The van der Waals surface area contributed by atoms with Crippen molar-refractivity contribution in [2.24, 2.45) is 0 Å². The summed E-state index contributed by atoms with van der Waals surface area (Å²) in [7, 11) is 1.86. The summed E-state index contributed by atoms with van der Waals surface area (Å²) in [6.45, 7) is 6.07. The molecule has 1 atom stereocenters. The molecule has 1 aromatic carbocycles. The number of hydrogen-bond acceptors (Lipinski definition) is 6. The number of thiophene rings is 1. The fourth-order valence-corrected chi connectivity index (χ4v) is 5.12. The third-order valence-electron chi connectivity index (χ3n) is 6.09. The monoisotopic (exact) mass is 432 g/mol. The van der Waals surface area contributed by atoms with Crippen LogP contribution in [-0.4, -0.2) is 42.6 Å². The van der Waals surface area contributed by atoms with Crippen LogP contribution >= 0.6 is 11.3 Å². The Morgan fingerprint density at radius 2 is 1.94 bits per heavy atom. The minimum Gasteiger partial charge on any atom is -0.334 e. The van der Waals surface area contributed by atoms with Crippen LogP contribution in [0.2, 0.25) is 0 Å².